The Labute approximate surface area is 135 Å². The zero-order chi connectivity index (χ0) is 16.8. The van der Waals surface area contributed by atoms with Gasteiger partial charge in [0.05, 0.1) is 0 Å². The highest BCUT2D eigenvalue weighted by atomic mass is 16.5. The predicted octanol–water partition coefficient (Wildman–Crippen LogP) is 2.67. The number of aromatic nitrogens is 1. The molecule has 6 heteroatoms. The molecule has 23 heavy (non-hydrogen) atoms. The zero-order valence-electron chi connectivity index (χ0n) is 13.6. The summed E-state index contributed by atoms with van der Waals surface area (Å²) in [5.74, 6) is 0.760. The number of carbonyl (C=O) groups excluding carboxylic acids is 2. The van der Waals surface area contributed by atoms with E-state index in [1.165, 1.54) is 6.92 Å². The number of hydrogen-bond acceptors (Lipinski definition) is 4. The number of carbonyl (C=O) groups is 2. The van der Waals surface area contributed by atoms with E-state index in [-0.39, 0.29) is 18.2 Å². The first kappa shape index (κ1) is 16.7. The van der Waals surface area contributed by atoms with Crippen LogP contribution in [0.5, 0.6) is 0 Å². The molecular weight excluding hydrogens is 294 g/mol. The number of nitrogens with one attached hydrogen (secondary N) is 1. The van der Waals surface area contributed by atoms with Crippen molar-refractivity contribution < 1.29 is 14.1 Å². The number of benzene rings is 1. The molecule has 0 fully saturated rings. The first-order valence-corrected chi connectivity index (χ1v) is 7.48. The van der Waals surface area contributed by atoms with E-state index in [9.17, 15) is 9.59 Å². The minimum atomic E-state index is -0.200. The molecule has 2 aromatic rings. The Balaban J connectivity index is 1.89. The molecule has 0 unspecified atom stereocenters. The van der Waals surface area contributed by atoms with Crippen molar-refractivity contribution in [3.05, 3.63) is 47.2 Å². The van der Waals surface area contributed by atoms with Crippen molar-refractivity contribution in [2.75, 3.05) is 11.9 Å². The Hall–Kier alpha value is -2.63. The Kier molecular flexibility index (Phi) is 5.51. The molecule has 1 aromatic heterocycles. The van der Waals surface area contributed by atoms with Gasteiger partial charge in [0.1, 0.15) is 5.76 Å². The average molecular weight is 315 g/mol. The summed E-state index contributed by atoms with van der Waals surface area (Å²) in [6, 6.07) is 9.63. The van der Waals surface area contributed by atoms with E-state index >= 15 is 0 Å². The van der Waals surface area contributed by atoms with Gasteiger partial charge in [0.25, 0.3) is 0 Å². The van der Waals surface area contributed by atoms with Crippen LogP contribution in [0.2, 0.25) is 0 Å². The lowest BCUT2D eigenvalue weighted by Gasteiger charge is -2.21. The second-order valence-corrected chi connectivity index (χ2v) is 5.55. The highest BCUT2D eigenvalue weighted by Gasteiger charge is 2.13. The zero-order valence-corrected chi connectivity index (χ0v) is 13.6. The molecule has 1 heterocycles. The van der Waals surface area contributed by atoms with Gasteiger partial charge in [-0.15, -0.1) is 0 Å². The first-order chi connectivity index (χ1) is 10.9. The lowest BCUT2D eigenvalue weighted by molar-refractivity contribution is -0.129. The van der Waals surface area contributed by atoms with Gasteiger partial charge < -0.3 is 14.7 Å². The van der Waals surface area contributed by atoms with Gasteiger partial charge in [0, 0.05) is 32.5 Å². The summed E-state index contributed by atoms with van der Waals surface area (Å²) >= 11 is 0. The molecule has 0 aliphatic heterocycles. The highest BCUT2D eigenvalue weighted by Crippen LogP contribution is 2.10. The summed E-state index contributed by atoms with van der Waals surface area (Å²) in [6.07, 6.45) is 0.206. The van der Waals surface area contributed by atoms with Crippen LogP contribution in [-0.2, 0) is 16.1 Å². The Morgan fingerprint density at radius 1 is 1.26 bits per heavy atom. The molecule has 6 nitrogen and oxygen atoms in total. The molecule has 0 aliphatic rings. The van der Waals surface area contributed by atoms with Crippen LogP contribution in [0.4, 0.5) is 5.82 Å². The Morgan fingerprint density at radius 3 is 2.65 bits per heavy atom. The second-order valence-electron chi connectivity index (χ2n) is 5.55. The van der Waals surface area contributed by atoms with Crippen molar-refractivity contribution in [2.45, 2.75) is 33.7 Å². The minimum Gasteiger partial charge on any atom is -0.360 e. The average Bonchev–Trinajstić information content (AvgIpc) is 2.88. The molecule has 1 N–H and O–H groups in total. The van der Waals surface area contributed by atoms with E-state index in [0.29, 0.717) is 24.7 Å². The molecule has 0 atom stereocenters. The molecule has 0 saturated heterocycles. The van der Waals surface area contributed by atoms with E-state index in [1.807, 2.05) is 31.2 Å². The van der Waals surface area contributed by atoms with Crippen molar-refractivity contribution in [3.8, 4) is 0 Å². The molecule has 0 radical (unpaired) electrons. The van der Waals surface area contributed by atoms with E-state index in [4.69, 9.17) is 4.52 Å². The second kappa shape index (κ2) is 7.58. The quantitative estimate of drug-likeness (QED) is 0.889. The fourth-order valence-electron chi connectivity index (χ4n) is 2.25. The van der Waals surface area contributed by atoms with Crippen molar-refractivity contribution >= 4 is 17.6 Å². The lowest BCUT2D eigenvalue weighted by atomic mass is 10.1. The fraction of sp³-hybridized carbons (Fsp3) is 0.353. The highest BCUT2D eigenvalue weighted by molar-refractivity contribution is 5.90. The molecule has 0 aliphatic carbocycles. The van der Waals surface area contributed by atoms with Gasteiger partial charge in [0.2, 0.25) is 11.8 Å². The van der Waals surface area contributed by atoms with Crippen molar-refractivity contribution in [2.24, 2.45) is 0 Å². The molecule has 2 amide bonds. The summed E-state index contributed by atoms with van der Waals surface area (Å²) < 4.78 is 4.89. The van der Waals surface area contributed by atoms with Gasteiger partial charge in [-0.2, -0.15) is 0 Å². The van der Waals surface area contributed by atoms with Crippen molar-refractivity contribution in [1.29, 1.82) is 0 Å². The number of aryl methyl sites for hydroxylation is 2. The summed E-state index contributed by atoms with van der Waals surface area (Å²) in [4.78, 5) is 25.4. The maximum absolute atomic E-state index is 11.9. The minimum absolute atomic E-state index is 0.0587. The van der Waals surface area contributed by atoms with Gasteiger partial charge in [-0.3, -0.25) is 9.59 Å². The maximum Gasteiger partial charge on any atom is 0.227 e. The Morgan fingerprint density at radius 2 is 2.04 bits per heavy atom. The summed E-state index contributed by atoms with van der Waals surface area (Å²) in [6.45, 7) is 6.12. The number of amides is 2. The van der Waals surface area contributed by atoms with Gasteiger partial charge >= 0.3 is 0 Å². The van der Waals surface area contributed by atoms with Crippen LogP contribution in [0.1, 0.15) is 30.2 Å². The van der Waals surface area contributed by atoms with Gasteiger partial charge in [-0.05, 0) is 19.4 Å². The molecule has 122 valence electrons. The van der Waals surface area contributed by atoms with Crippen LogP contribution in [0.15, 0.2) is 34.9 Å². The van der Waals surface area contributed by atoms with Crippen LogP contribution in [0.3, 0.4) is 0 Å². The normalized spacial score (nSPS) is 10.4. The van der Waals surface area contributed by atoms with Crippen LogP contribution in [0.25, 0.3) is 0 Å². The van der Waals surface area contributed by atoms with Crippen LogP contribution >= 0.6 is 0 Å². The van der Waals surface area contributed by atoms with Crippen LogP contribution in [-0.4, -0.2) is 28.4 Å². The van der Waals surface area contributed by atoms with Gasteiger partial charge in [-0.1, -0.05) is 35.0 Å². The third-order valence-electron chi connectivity index (χ3n) is 3.41. The first-order valence-electron chi connectivity index (χ1n) is 7.48. The van der Waals surface area contributed by atoms with Gasteiger partial charge in [-0.25, -0.2) is 0 Å². The van der Waals surface area contributed by atoms with E-state index < -0.39 is 0 Å². The fourth-order valence-corrected chi connectivity index (χ4v) is 2.25. The van der Waals surface area contributed by atoms with Crippen molar-refractivity contribution in [3.63, 3.8) is 0 Å². The SMILES string of the molecule is CC(=O)N(CCC(=O)Nc1cc(C)on1)Cc1cccc(C)c1. The number of hydrogen-bond donors (Lipinski definition) is 1. The largest absolute Gasteiger partial charge is 0.360 e. The van der Waals surface area contributed by atoms with Crippen LogP contribution in [0, 0.1) is 13.8 Å². The number of anilines is 1. The summed E-state index contributed by atoms with van der Waals surface area (Å²) in [7, 11) is 0. The topological polar surface area (TPSA) is 75.4 Å². The number of rotatable bonds is 6. The smallest absolute Gasteiger partial charge is 0.227 e. The Bertz CT molecular complexity index is 694. The molecule has 0 spiro atoms. The maximum atomic E-state index is 11.9. The van der Waals surface area contributed by atoms with Crippen molar-refractivity contribution in [1.82, 2.24) is 10.1 Å². The molecular formula is C17H21N3O3. The van der Waals surface area contributed by atoms with Crippen LogP contribution < -0.4 is 5.32 Å². The lowest BCUT2D eigenvalue weighted by Crippen LogP contribution is -2.31. The van der Waals surface area contributed by atoms with E-state index in [1.54, 1.807) is 17.9 Å². The predicted molar refractivity (Wildman–Crippen MR) is 86.8 cm³/mol. The van der Waals surface area contributed by atoms with E-state index in [2.05, 4.69) is 10.5 Å². The number of nitrogens with zero attached hydrogens (tertiary/aromatic N) is 2. The third kappa shape index (κ3) is 5.25. The summed E-state index contributed by atoms with van der Waals surface area (Å²) in [5.41, 5.74) is 2.19. The molecule has 1 aromatic carbocycles. The van der Waals surface area contributed by atoms with E-state index in [0.717, 1.165) is 11.1 Å². The summed E-state index contributed by atoms with van der Waals surface area (Å²) in [5, 5.41) is 6.36. The monoisotopic (exact) mass is 315 g/mol. The molecule has 2 rings (SSSR count). The molecule has 0 saturated carbocycles. The standard InChI is InChI=1S/C17H21N3O3/c1-12-5-4-6-15(9-12)11-20(14(3)21)8-7-17(22)18-16-10-13(2)23-19-16/h4-6,9-10H,7-8,11H2,1-3H3,(H,18,19,22). The third-order valence-corrected chi connectivity index (χ3v) is 3.41. The molecule has 0 bridgehead atoms. The van der Waals surface area contributed by atoms with Gasteiger partial charge in [0.15, 0.2) is 5.82 Å².